The van der Waals surface area contributed by atoms with Crippen LogP contribution in [0.1, 0.15) is 11.3 Å². The fourth-order valence-corrected chi connectivity index (χ4v) is 4.79. The number of nitrogens with one attached hydrogen (secondary N) is 2. The van der Waals surface area contributed by atoms with Gasteiger partial charge in [-0.05, 0) is 42.8 Å². The highest BCUT2D eigenvalue weighted by Crippen LogP contribution is 2.39. The van der Waals surface area contributed by atoms with Crippen LogP contribution in [0.15, 0.2) is 65.8 Å². The molecule has 0 amide bonds. The number of nitrogens with zero attached hydrogens (tertiary/aromatic N) is 6. The highest BCUT2D eigenvalue weighted by molar-refractivity contribution is 7.90. The van der Waals surface area contributed by atoms with Crippen LogP contribution in [0.5, 0.6) is 5.75 Å². The lowest BCUT2D eigenvalue weighted by atomic mass is 10.2. The number of hydrogen-bond donors (Lipinski definition) is 2. The summed E-state index contributed by atoms with van der Waals surface area (Å²) < 4.78 is 60.8. The Morgan fingerprint density at radius 2 is 1.85 bits per heavy atom. The summed E-state index contributed by atoms with van der Waals surface area (Å²) in [6.45, 7) is 1.87. The van der Waals surface area contributed by atoms with Gasteiger partial charge in [0, 0.05) is 36.8 Å². The van der Waals surface area contributed by atoms with Crippen molar-refractivity contribution < 1.29 is 21.9 Å². The number of sulfone groups is 1. The SMILES string of the molecule is COc1c(Nc2cc(C)[nH]n2)nc(N(Cc2ccc(F)cc2)c2ccc(S(C)(=O)=O)cc2F)nc1-c1cnn(C)c1. The minimum Gasteiger partial charge on any atom is -0.491 e. The molecular formula is C27H26F2N8O3S. The van der Waals surface area contributed by atoms with Crippen molar-refractivity contribution in [2.75, 3.05) is 23.6 Å². The summed E-state index contributed by atoms with van der Waals surface area (Å²) in [5, 5.41) is 14.4. The first-order chi connectivity index (χ1) is 19.5. The molecule has 0 bridgehead atoms. The van der Waals surface area contributed by atoms with Gasteiger partial charge in [-0.25, -0.2) is 22.2 Å². The van der Waals surface area contributed by atoms with Crippen molar-refractivity contribution in [1.82, 2.24) is 29.9 Å². The molecule has 5 aromatic rings. The van der Waals surface area contributed by atoms with Crippen molar-refractivity contribution in [2.24, 2.45) is 7.05 Å². The molecule has 0 atom stereocenters. The molecule has 0 aliphatic heterocycles. The van der Waals surface area contributed by atoms with E-state index >= 15 is 4.39 Å². The summed E-state index contributed by atoms with van der Waals surface area (Å²) in [5.41, 5.74) is 2.39. The van der Waals surface area contributed by atoms with Gasteiger partial charge in [-0.2, -0.15) is 15.2 Å². The summed E-state index contributed by atoms with van der Waals surface area (Å²) in [6.07, 6.45) is 4.34. The lowest BCUT2D eigenvalue weighted by molar-refractivity contribution is 0.415. The third-order valence-electron chi connectivity index (χ3n) is 6.12. The Bertz CT molecular complexity index is 1820. The maximum Gasteiger partial charge on any atom is 0.233 e. The molecule has 41 heavy (non-hydrogen) atoms. The van der Waals surface area contributed by atoms with Gasteiger partial charge in [-0.3, -0.25) is 9.78 Å². The number of rotatable bonds is 9. The predicted molar refractivity (Wildman–Crippen MR) is 149 cm³/mol. The molecule has 2 N–H and O–H groups in total. The van der Waals surface area contributed by atoms with Gasteiger partial charge in [0.1, 0.15) is 17.3 Å². The van der Waals surface area contributed by atoms with Gasteiger partial charge in [0.05, 0.1) is 30.4 Å². The summed E-state index contributed by atoms with van der Waals surface area (Å²) >= 11 is 0. The van der Waals surface area contributed by atoms with E-state index in [9.17, 15) is 12.8 Å². The Balaban J connectivity index is 1.72. The molecule has 212 valence electrons. The first kappa shape index (κ1) is 27.7. The molecule has 0 spiro atoms. The topological polar surface area (TPSA) is 131 Å². The van der Waals surface area contributed by atoms with E-state index in [-0.39, 0.29) is 34.6 Å². The monoisotopic (exact) mass is 580 g/mol. The molecular weight excluding hydrogens is 554 g/mol. The van der Waals surface area contributed by atoms with Crippen LogP contribution in [0.4, 0.5) is 32.1 Å². The summed E-state index contributed by atoms with van der Waals surface area (Å²) in [6, 6.07) is 11.1. The number of aryl methyl sites for hydroxylation is 2. The first-order valence-corrected chi connectivity index (χ1v) is 14.2. The molecule has 3 aromatic heterocycles. The minimum atomic E-state index is -3.66. The van der Waals surface area contributed by atoms with E-state index in [0.717, 1.165) is 18.0 Å². The molecule has 0 radical (unpaired) electrons. The van der Waals surface area contributed by atoms with Crippen LogP contribution in [0.2, 0.25) is 0 Å². The van der Waals surface area contributed by atoms with E-state index in [1.165, 1.54) is 36.3 Å². The number of methoxy groups -OCH3 is 1. The van der Waals surface area contributed by atoms with Crippen LogP contribution >= 0.6 is 0 Å². The predicted octanol–water partition coefficient (Wildman–Crippen LogP) is 4.68. The molecule has 0 saturated carbocycles. The van der Waals surface area contributed by atoms with Crippen molar-refractivity contribution in [3.8, 4) is 17.0 Å². The number of halogens is 2. The van der Waals surface area contributed by atoms with E-state index in [1.54, 1.807) is 42.3 Å². The lowest BCUT2D eigenvalue weighted by Crippen LogP contribution is -2.21. The molecule has 0 saturated heterocycles. The van der Waals surface area contributed by atoms with Crippen LogP contribution in [0, 0.1) is 18.6 Å². The molecule has 0 aliphatic carbocycles. The Morgan fingerprint density at radius 3 is 2.44 bits per heavy atom. The molecule has 5 rings (SSSR count). The number of benzene rings is 2. The Labute approximate surface area is 234 Å². The zero-order valence-corrected chi connectivity index (χ0v) is 23.4. The number of anilines is 4. The highest BCUT2D eigenvalue weighted by Gasteiger charge is 2.25. The smallest absolute Gasteiger partial charge is 0.233 e. The van der Waals surface area contributed by atoms with E-state index in [0.29, 0.717) is 22.6 Å². The van der Waals surface area contributed by atoms with Crippen molar-refractivity contribution in [3.63, 3.8) is 0 Å². The van der Waals surface area contributed by atoms with E-state index in [2.05, 4.69) is 25.6 Å². The normalized spacial score (nSPS) is 11.5. The van der Waals surface area contributed by atoms with E-state index < -0.39 is 21.5 Å². The second-order valence-corrected chi connectivity index (χ2v) is 11.3. The quantitative estimate of drug-likeness (QED) is 0.255. The van der Waals surface area contributed by atoms with Crippen molar-refractivity contribution in [2.45, 2.75) is 18.4 Å². The maximum absolute atomic E-state index is 15.6. The number of H-pyrrole nitrogens is 1. The third kappa shape index (κ3) is 6.01. The molecule has 2 aromatic carbocycles. The van der Waals surface area contributed by atoms with Gasteiger partial charge >= 0.3 is 0 Å². The summed E-state index contributed by atoms with van der Waals surface area (Å²) in [5.74, 6) is -0.206. The van der Waals surface area contributed by atoms with Crippen LogP contribution in [-0.4, -0.2) is 51.7 Å². The highest BCUT2D eigenvalue weighted by atomic mass is 32.2. The van der Waals surface area contributed by atoms with E-state index in [1.807, 2.05) is 6.92 Å². The fourth-order valence-electron chi connectivity index (χ4n) is 4.15. The second-order valence-electron chi connectivity index (χ2n) is 9.32. The number of aromatic amines is 1. The average Bonchev–Trinajstić information content (AvgIpc) is 3.55. The van der Waals surface area contributed by atoms with Crippen LogP contribution < -0.4 is 15.0 Å². The molecule has 0 aliphatic rings. The summed E-state index contributed by atoms with van der Waals surface area (Å²) in [7, 11) is -0.437. The van der Waals surface area contributed by atoms with Crippen molar-refractivity contribution in [3.05, 3.63) is 83.8 Å². The minimum absolute atomic E-state index is 0.00518. The van der Waals surface area contributed by atoms with Gasteiger partial charge in [0.2, 0.25) is 5.95 Å². The van der Waals surface area contributed by atoms with Gasteiger partial charge in [0.15, 0.2) is 27.2 Å². The van der Waals surface area contributed by atoms with Crippen LogP contribution in [-0.2, 0) is 23.4 Å². The second kappa shape index (κ2) is 11.0. The number of hydrogen-bond acceptors (Lipinski definition) is 9. The van der Waals surface area contributed by atoms with Gasteiger partial charge in [-0.15, -0.1) is 0 Å². The number of aromatic nitrogens is 6. The maximum atomic E-state index is 15.6. The van der Waals surface area contributed by atoms with Crippen molar-refractivity contribution in [1.29, 1.82) is 0 Å². The Morgan fingerprint density at radius 1 is 1.10 bits per heavy atom. The van der Waals surface area contributed by atoms with E-state index in [4.69, 9.17) is 9.72 Å². The number of ether oxygens (including phenoxy) is 1. The average molecular weight is 581 g/mol. The zero-order valence-electron chi connectivity index (χ0n) is 22.6. The first-order valence-electron chi connectivity index (χ1n) is 12.3. The third-order valence-corrected chi connectivity index (χ3v) is 7.23. The van der Waals surface area contributed by atoms with Gasteiger partial charge < -0.3 is 15.0 Å². The Hall–Kier alpha value is -4.85. The van der Waals surface area contributed by atoms with Crippen LogP contribution in [0.25, 0.3) is 11.3 Å². The zero-order chi connectivity index (χ0) is 29.3. The molecule has 11 nitrogen and oxygen atoms in total. The van der Waals surface area contributed by atoms with Gasteiger partial charge in [0.25, 0.3) is 0 Å². The molecule has 0 fully saturated rings. The molecule has 3 heterocycles. The largest absolute Gasteiger partial charge is 0.491 e. The lowest BCUT2D eigenvalue weighted by Gasteiger charge is -2.25. The fraction of sp³-hybridized carbons (Fsp3) is 0.185. The van der Waals surface area contributed by atoms with Crippen LogP contribution in [0.3, 0.4) is 0 Å². The molecule has 14 heteroatoms. The molecule has 0 unspecified atom stereocenters. The summed E-state index contributed by atoms with van der Waals surface area (Å²) in [4.78, 5) is 10.7. The van der Waals surface area contributed by atoms with Gasteiger partial charge in [-0.1, -0.05) is 12.1 Å². The Kier molecular flexibility index (Phi) is 7.41. The van der Waals surface area contributed by atoms with Crippen molar-refractivity contribution >= 4 is 33.1 Å². The standard InChI is InChI=1S/C27H26F2N8O3S/c1-16-11-23(35-34-16)31-26-25(40-3)24(18-13-30-36(2)15-18)32-27(33-26)37(14-17-5-7-19(28)8-6-17)22-10-9-20(12-21(22)29)41(4,38)39/h5-13,15H,14H2,1-4H3,(H2,31,32,33,34,35).